The maximum Gasteiger partial charge on any atom is 0.166 e. The van der Waals surface area contributed by atoms with Crippen molar-refractivity contribution >= 4 is 15.9 Å². The highest BCUT2D eigenvalue weighted by molar-refractivity contribution is 9.10. The van der Waals surface area contributed by atoms with Gasteiger partial charge in [0.05, 0.1) is 0 Å². The van der Waals surface area contributed by atoms with Gasteiger partial charge in [0.2, 0.25) is 0 Å². The minimum Gasteiger partial charge on any atom is -0.454 e. The minimum absolute atomic E-state index is 0.109. The van der Waals surface area contributed by atoms with Crippen molar-refractivity contribution in [2.45, 2.75) is 13.5 Å². The van der Waals surface area contributed by atoms with E-state index in [-0.39, 0.29) is 11.6 Å². The van der Waals surface area contributed by atoms with Crippen LogP contribution in [0, 0.1) is 11.6 Å². The Morgan fingerprint density at radius 3 is 2.55 bits per heavy atom. The average Bonchev–Trinajstić information content (AvgIpc) is 2.41. The fraction of sp³-hybridized carbons (Fsp3) is 0.200. The van der Waals surface area contributed by atoms with Crippen molar-refractivity contribution in [1.29, 1.82) is 0 Å². The number of benzene rings is 2. The Morgan fingerprint density at radius 1 is 1.10 bits per heavy atom. The van der Waals surface area contributed by atoms with Gasteiger partial charge in [0.25, 0.3) is 0 Å². The number of nitrogens with one attached hydrogen (secondary N) is 1. The SMILES string of the molecule is CCNCc1cc(F)ccc1Oc1ccc(Br)cc1F. The molecule has 0 heterocycles. The molecule has 0 atom stereocenters. The largest absolute Gasteiger partial charge is 0.454 e. The monoisotopic (exact) mass is 341 g/mol. The molecule has 0 aliphatic carbocycles. The Kier molecular flexibility index (Phi) is 5.09. The molecule has 0 aliphatic heterocycles. The van der Waals surface area contributed by atoms with Crippen molar-refractivity contribution in [3.8, 4) is 11.5 Å². The molecule has 1 N–H and O–H groups in total. The van der Waals surface area contributed by atoms with Crippen LogP contribution < -0.4 is 10.1 Å². The van der Waals surface area contributed by atoms with Crippen molar-refractivity contribution < 1.29 is 13.5 Å². The van der Waals surface area contributed by atoms with Gasteiger partial charge < -0.3 is 10.1 Å². The first kappa shape index (κ1) is 14.9. The van der Waals surface area contributed by atoms with Crippen molar-refractivity contribution in [3.05, 3.63) is 58.1 Å². The summed E-state index contributed by atoms with van der Waals surface area (Å²) in [7, 11) is 0. The van der Waals surface area contributed by atoms with E-state index in [4.69, 9.17) is 4.74 Å². The van der Waals surface area contributed by atoms with Crippen molar-refractivity contribution in [3.63, 3.8) is 0 Å². The molecule has 0 unspecified atom stereocenters. The van der Waals surface area contributed by atoms with E-state index in [9.17, 15) is 8.78 Å². The van der Waals surface area contributed by atoms with E-state index in [0.717, 1.165) is 6.54 Å². The van der Waals surface area contributed by atoms with Gasteiger partial charge in [0, 0.05) is 16.6 Å². The molecule has 2 aromatic carbocycles. The Labute approximate surface area is 124 Å². The third kappa shape index (κ3) is 3.77. The normalized spacial score (nSPS) is 10.6. The van der Waals surface area contributed by atoms with Gasteiger partial charge in [-0.25, -0.2) is 8.78 Å². The zero-order valence-electron chi connectivity index (χ0n) is 10.9. The van der Waals surface area contributed by atoms with Crippen LogP contribution in [0.4, 0.5) is 8.78 Å². The molecule has 2 rings (SSSR count). The number of halogens is 3. The fourth-order valence-corrected chi connectivity index (χ4v) is 2.05. The van der Waals surface area contributed by atoms with Crippen LogP contribution in [0.5, 0.6) is 11.5 Å². The van der Waals surface area contributed by atoms with E-state index in [1.165, 1.54) is 30.3 Å². The third-order valence-corrected chi connectivity index (χ3v) is 3.20. The lowest BCUT2D eigenvalue weighted by atomic mass is 10.2. The van der Waals surface area contributed by atoms with E-state index in [1.807, 2.05) is 6.92 Å². The lowest BCUT2D eigenvalue weighted by molar-refractivity contribution is 0.434. The van der Waals surface area contributed by atoms with Gasteiger partial charge in [-0.1, -0.05) is 22.9 Å². The molecule has 0 bridgehead atoms. The summed E-state index contributed by atoms with van der Waals surface area (Å²) in [5, 5.41) is 3.09. The minimum atomic E-state index is -0.474. The molecule has 2 aromatic rings. The maximum atomic E-state index is 13.8. The second-order valence-corrected chi connectivity index (χ2v) is 5.12. The van der Waals surface area contributed by atoms with Crippen LogP contribution in [0.1, 0.15) is 12.5 Å². The van der Waals surface area contributed by atoms with E-state index in [2.05, 4.69) is 21.2 Å². The standard InChI is InChI=1S/C15H14BrF2NO/c1-2-19-9-10-7-12(17)4-6-14(10)20-15-5-3-11(16)8-13(15)18/h3-8,19H,2,9H2,1H3. The van der Waals surface area contributed by atoms with Crippen LogP contribution in [-0.4, -0.2) is 6.54 Å². The molecule has 0 aromatic heterocycles. The summed E-state index contributed by atoms with van der Waals surface area (Å²) in [5.74, 6) is -0.272. The molecule has 5 heteroatoms. The topological polar surface area (TPSA) is 21.3 Å². The van der Waals surface area contributed by atoms with Crippen molar-refractivity contribution in [2.75, 3.05) is 6.54 Å². The molecule has 0 spiro atoms. The molecule has 2 nitrogen and oxygen atoms in total. The van der Waals surface area contributed by atoms with Gasteiger partial charge in [0.15, 0.2) is 11.6 Å². The summed E-state index contributed by atoms with van der Waals surface area (Å²) in [6.45, 7) is 3.17. The zero-order valence-corrected chi connectivity index (χ0v) is 12.5. The lowest BCUT2D eigenvalue weighted by Crippen LogP contribution is -2.12. The quantitative estimate of drug-likeness (QED) is 0.856. The van der Waals surface area contributed by atoms with Gasteiger partial charge in [-0.3, -0.25) is 0 Å². The maximum absolute atomic E-state index is 13.8. The van der Waals surface area contributed by atoms with Gasteiger partial charge in [-0.05, 0) is 42.9 Å². The summed E-state index contributed by atoms with van der Waals surface area (Å²) in [6.07, 6.45) is 0. The highest BCUT2D eigenvalue weighted by Gasteiger charge is 2.10. The molecule has 0 radical (unpaired) electrons. The van der Waals surface area contributed by atoms with Crippen LogP contribution in [0.3, 0.4) is 0 Å². The average molecular weight is 342 g/mol. The highest BCUT2D eigenvalue weighted by Crippen LogP contribution is 2.29. The van der Waals surface area contributed by atoms with Crippen LogP contribution in [0.15, 0.2) is 40.9 Å². The molecular weight excluding hydrogens is 328 g/mol. The first-order valence-corrected chi connectivity index (χ1v) is 7.01. The first-order valence-electron chi connectivity index (χ1n) is 6.22. The molecule has 0 amide bonds. The molecule has 0 aliphatic rings. The van der Waals surface area contributed by atoms with Crippen LogP contribution in [0.2, 0.25) is 0 Å². The number of rotatable bonds is 5. The first-order chi connectivity index (χ1) is 9.60. The Morgan fingerprint density at radius 2 is 1.85 bits per heavy atom. The Bertz CT molecular complexity index is 604. The van der Waals surface area contributed by atoms with Crippen LogP contribution in [-0.2, 0) is 6.54 Å². The fourth-order valence-electron chi connectivity index (χ4n) is 1.72. The van der Waals surface area contributed by atoms with E-state index >= 15 is 0 Å². The van der Waals surface area contributed by atoms with Gasteiger partial charge in [-0.15, -0.1) is 0 Å². The summed E-state index contributed by atoms with van der Waals surface area (Å²) in [4.78, 5) is 0. The molecule has 0 fully saturated rings. The van der Waals surface area contributed by atoms with E-state index in [0.29, 0.717) is 22.3 Å². The van der Waals surface area contributed by atoms with E-state index < -0.39 is 5.82 Å². The summed E-state index contributed by atoms with van der Waals surface area (Å²) < 4.78 is 33.2. The van der Waals surface area contributed by atoms with Crippen molar-refractivity contribution in [1.82, 2.24) is 5.32 Å². The second kappa shape index (κ2) is 6.81. The third-order valence-electron chi connectivity index (χ3n) is 2.70. The predicted octanol–water partition coefficient (Wildman–Crippen LogP) is 4.63. The lowest BCUT2D eigenvalue weighted by Gasteiger charge is -2.12. The number of hydrogen-bond donors (Lipinski definition) is 1. The molecular formula is C15H14BrF2NO. The van der Waals surface area contributed by atoms with E-state index in [1.54, 1.807) is 6.07 Å². The smallest absolute Gasteiger partial charge is 0.166 e. The van der Waals surface area contributed by atoms with Crippen molar-refractivity contribution in [2.24, 2.45) is 0 Å². The molecule has 0 saturated heterocycles. The van der Waals surface area contributed by atoms with Gasteiger partial charge >= 0.3 is 0 Å². The zero-order chi connectivity index (χ0) is 14.5. The molecule has 20 heavy (non-hydrogen) atoms. The van der Waals surface area contributed by atoms with Gasteiger partial charge in [-0.2, -0.15) is 0 Å². The highest BCUT2D eigenvalue weighted by atomic mass is 79.9. The number of ether oxygens (including phenoxy) is 1. The van der Waals surface area contributed by atoms with Crippen LogP contribution >= 0.6 is 15.9 Å². The van der Waals surface area contributed by atoms with Crippen LogP contribution in [0.25, 0.3) is 0 Å². The van der Waals surface area contributed by atoms with Gasteiger partial charge in [0.1, 0.15) is 11.6 Å². The second-order valence-electron chi connectivity index (χ2n) is 4.21. The Hall–Kier alpha value is -1.46. The predicted molar refractivity (Wildman–Crippen MR) is 78.0 cm³/mol. The summed E-state index contributed by atoms with van der Waals surface area (Å²) in [5.41, 5.74) is 0.647. The molecule has 0 saturated carbocycles. The summed E-state index contributed by atoms with van der Waals surface area (Å²) >= 11 is 3.18. The molecule has 106 valence electrons. The summed E-state index contributed by atoms with van der Waals surface area (Å²) in [6, 6.07) is 8.72. The number of hydrogen-bond acceptors (Lipinski definition) is 2. The Balaban J connectivity index is 2.27.